The van der Waals surface area contributed by atoms with Crippen molar-refractivity contribution in [1.82, 2.24) is 0 Å². The van der Waals surface area contributed by atoms with E-state index in [4.69, 9.17) is 0 Å². The second-order valence-corrected chi connectivity index (χ2v) is 2.94. The molecule has 0 aliphatic rings. The molecule has 0 aromatic heterocycles. The molecule has 0 N–H and O–H groups in total. The summed E-state index contributed by atoms with van der Waals surface area (Å²) < 4.78 is 9.03. The van der Waals surface area contributed by atoms with E-state index in [9.17, 15) is 9.59 Å². The van der Waals surface area contributed by atoms with Gasteiger partial charge in [0.1, 0.15) is 0 Å². The average molecular weight is 200 g/mol. The standard InChI is InChI=1S/C10H16O4/c1-5-7(2)6-8(9(11)13-3)10(12)14-4/h5,8H,6H2,1-4H3/b7-5+. The van der Waals surface area contributed by atoms with Gasteiger partial charge in [-0.25, -0.2) is 0 Å². The predicted octanol–water partition coefficient (Wildman–Crippen LogP) is 1.30. The monoisotopic (exact) mass is 200 g/mol. The van der Waals surface area contributed by atoms with Crippen LogP contribution in [0, 0.1) is 5.92 Å². The van der Waals surface area contributed by atoms with Crippen LogP contribution in [0.3, 0.4) is 0 Å². The largest absolute Gasteiger partial charge is 0.468 e. The number of hydrogen-bond acceptors (Lipinski definition) is 4. The summed E-state index contributed by atoms with van der Waals surface area (Å²) in [5.74, 6) is -1.96. The van der Waals surface area contributed by atoms with Crippen LogP contribution in [0.5, 0.6) is 0 Å². The van der Waals surface area contributed by atoms with Crippen molar-refractivity contribution >= 4 is 11.9 Å². The van der Waals surface area contributed by atoms with Crippen LogP contribution in [0.1, 0.15) is 20.3 Å². The van der Waals surface area contributed by atoms with Crippen molar-refractivity contribution < 1.29 is 19.1 Å². The third-order valence-corrected chi connectivity index (χ3v) is 1.99. The highest BCUT2D eigenvalue weighted by Crippen LogP contribution is 2.14. The summed E-state index contributed by atoms with van der Waals surface area (Å²) in [6, 6.07) is 0. The van der Waals surface area contributed by atoms with Gasteiger partial charge in [-0.05, 0) is 20.3 Å². The summed E-state index contributed by atoms with van der Waals surface area (Å²) in [5.41, 5.74) is 0.950. The molecule has 0 spiro atoms. The molecule has 0 aromatic rings. The van der Waals surface area contributed by atoms with E-state index in [1.54, 1.807) is 0 Å². The van der Waals surface area contributed by atoms with Crippen LogP contribution in [0.15, 0.2) is 11.6 Å². The summed E-state index contributed by atoms with van der Waals surface area (Å²) in [5, 5.41) is 0. The minimum Gasteiger partial charge on any atom is -0.468 e. The first-order valence-corrected chi connectivity index (χ1v) is 4.34. The van der Waals surface area contributed by atoms with Crippen LogP contribution in [-0.2, 0) is 19.1 Å². The Labute approximate surface area is 83.9 Å². The van der Waals surface area contributed by atoms with Gasteiger partial charge in [-0.1, -0.05) is 11.6 Å². The molecule has 14 heavy (non-hydrogen) atoms. The molecule has 0 aliphatic heterocycles. The Balaban J connectivity index is 4.56. The second kappa shape index (κ2) is 6.18. The predicted molar refractivity (Wildman–Crippen MR) is 51.6 cm³/mol. The van der Waals surface area contributed by atoms with E-state index in [2.05, 4.69) is 9.47 Å². The van der Waals surface area contributed by atoms with Crippen LogP contribution < -0.4 is 0 Å². The molecule has 0 bridgehead atoms. The normalized spacial score (nSPS) is 11.4. The third-order valence-electron chi connectivity index (χ3n) is 1.99. The zero-order chi connectivity index (χ0) is 11.1. The fourth-order valence-electron chi connectivity index (χ4n) is 0.987. The maximum absolute atomic E-state index is 11.2. The number of esters is 2. The van der Waals surface area contributed by atoms with Gasteiger partial charge in [-0.2, -0.15) is 0 Å². The number of rotatable bonds is 4. The Morgan fingerprint density at radius 1 is 1.21 bits per heavy atom. The molecular weight excluding hydrogens is 184 g/mol. The molecule has 0 aromatic carbocycles. The number of hydrogen-bond donors (Lipinski definition) is 0. The highest BCUT2D eigenvalue weighted by molar-refractivity contribution is 5.95. The molecule has 0 unspecified atom stereocenters. The van der Waals surface area contributed by atoms with Gasteiger partial charge >= 0.3 is 11.9 Å². The van der Waals surface area contributed by atoms with Gasteiger partial charge in [-0.15, -0.1) is 0 Å². The number of ether oxygens (including phenoxy) is 2. The van der Waals surface area contributed by atoms with E-state index < -0.39 is 17.9 Å². The Morgan fingerprint density at radius 2 is 1.64 bits per heavy atom. The SMILES string of the molecule is C/C=C(\C)CC(C(=O)OC)C(=O)OC. The van der Waals surface area contributed by atoms with Gasteiger partial charge in [0.2, 0.25) is 0 Å². The fourth-order valence-corrected chi connectivity index (χ4v) is 0.987. The van der Waals surface area contributed by atoms with Gasteiger partial charge in [0.25, 0.3) is 0 Å². The molecule has 0 saturated carbocycles. The zero-order valence-corrected chi connectivity index (χ0v) is 8.99. The Bertz CT molecular complexity index is 227. The van der Waals surface area contributed by atoms with E-state index in [-0.39, 0.29) is 0 Å². The summed E-state index contributed by atoms with van der Waals surface area (Å²) in [6.07, 6.45) is 2.19. The van der Waals surface area contributed by atoms with E-state index in [1.165, 1.54) is 14.2 Å². The Hall–Kier alpha value is -1.32. The van der Waals surface area contributed by atoms with Crippen LogP contribution in [-0.4, -0.2) is 26.2 Å². The molecule has 0 fully saturated rings. The Morgan fingerprint density at radius 3 is 1.93 bits per heavy atom. The van der Waals surface area contributed by atoms with Crippen molar-refractivity contribution in [2.75, 3.05) is 14.2 Å². The third kappa shape index (κ3) is 3.60. The zero-order valence-electron chi connectivity index (χ0n) is 8.99. The summed E-state index contributed by atoms with van der Waals surface area (Å²) in [4.78, 5) is 22.4. The minimum atomic E-state index is -0.846. The van der Waals surface area contributed by atoms with Crippen LogP contribution in [0.4, 0.5) is 0 Å². The van der Waals surface area contributed by atoms with Crippen molar-refractivity contribution in [3.05, 3.63) is 11.6 Å². The molecule has 0 aliphatic carbocycles. The van der Waals surface area contributed by atoms with Crippen molar-refractivity contribution in [2.24, 2.45) is 5.92 Å². The van der Waals surface area contributed by atoms with Crippen LogP contribution in [0.25, 0.3) is 0 Å². The van der Waals surface area contributed by atoms with Gasteiger partial charge in [0.15, 0.2) is 5.92 Å². The molecule has 4 nitrogen and oxygen atoms in total. The van der Waals surface area contributed by atoms with Crippen molar-refractivity contribution in [3.8, 4) is 0 Å². The number of carbonyl (C=O) groups excluding carboxylic acids is 2. The Kier molecular flexibility index (Phi) is 5.60. The topological polar surface area (TPSA) is 52.6 Å². The maximum Gasteiger partial charge on any atom is 0.320 e. The number of methoxy groups -OCH3 is 2. The van der Waals surface area contributed by atoms with Crippen LogP contribution in [0.2, 0.25) is 0 Å². The summed E-state index contributed by atoms with van der Waals surface area (Å²) in [7, 11) is 2.51. The fraction of sp³-hybridized carbons (Fsp3) is 0.600. The lowest BCUT2D eigenvalue weighted by atomic mass is 10.0. The molecule has 4 heteroatoms. The molecule has 0 heterocycles. The highest BCUT2D eigenvalue weighted by Gasteiger charge is 2.28. The molecule has 0 rings (SSSR count). The van der Waals surface area contributed by atoms with Gasteiger partial charge < -0.3 is 9.47 Å². The minimum absolute atomic E-state index is 0.343. The van der Waals surface area contributed by atoms with E-state index in [1.807, 2.05) is 19.9 Å². The molecule has 0 atom stereocenters. The first-order valence-electron chi connectivity index (χ1n) is 4.34. The second-order valence-electron chi connectivity index (χ2n) is 2.94. The van der Waals surface area contributed by atoms with E-state index in [0.717, 1.165) is 5.57 Å². The quantitative estimate of drug-likeness (QED) is 0.390. The summed E-state index contributed by atoms with van der Waals surface area (Å²) >= 11 is 0. The molecule has 0 saturated heterocycles. The van der Waals surface area contributed by atoms with Gasteiger partial charge in [0.05, 0.1) is 14.2 Å². The van der Waals surface area contributed by atoms with Crippen molar-refractivity contribution in [1.29, 1.82) is 0 Å². The average Bonchev–Trinajstić information content (AvgIpc) is 2.23. The summed E-state index contributed by atoms with van der Waals surface area (Å²) in [6.45, 7) is 3.69. The first-order chi connectivity index (χ1) is 6.56. The van der Waals surface area contributed by atoms with E-state index >= 15 is 0 Å². The van der Waals surface area contributed by atoms with Crippen molar-refractivity contribution in [2.45, 2.75) is 20.3 Å². The van der Waals surface area contributed by atoms with E-state index in [0.29, 0.717) is 6.42 Å². The van der Waals surface area contributed by atoms with Gasteiger partial charge in [0, 0.05) is 0 Å². The van der Waals surface area contributed by atoms with Crippen LogP contribution >= 0.6 is 0 Å². The van der Waals surface area contributed by atoms with Crippen molar-refractivity contribution in [3.63, 3.8) is 0 Å². The molecule has 0 amide bonds. The first kappa shape index (κ1) is 12.7. The highest BCUT2D eigenvalue weighted by atomic mass is 16.5. The maximum atomic E-state index is 11.2. The smallest absolute Gasteiger partial charge is 0.320 e. The molecule has 0 radical (unpaired) electrons. The molecule has 80 valence electrons. The number of carbonyl (C=O) groups is 2. The molecular formula is C10H16O4. The lowest BCUT2D eigenvalue weighted by Crippen LogP contribution is -2.26. The van der Waals surface area contributed by atoms with Gasteiger partial charge in [-0.3, -0.25) is 9.59 Å². The number of allylic oxidation sites excluding steroid dienone is 2. The lowest BCUT2D eigenvalue weighted by molar-refractivity contribution is -0.158. The lowest BCUT2D eigenvalue weighted by Gasteiger charge is -2.12.